The van der Waals surface area contributed by atoms with E-state index < -0.39 is 0 Å². The zero-order valence-electron chi connectivity index (χ0n) is 19.3. The second kappa shape index (κ2) is 10.2. The number of likely N-dealkylation sites (tertiary alicyclic amines) is 1. The molecule has 0 spiro atoms. The number of thiophene rings is 1. The largest absolute Gasteiger partial charge is 0.508 e. The first-order valence-electron chi connectivity index (χ1n) is 11.6. The van der Waals surface area contributed by atoms with Crippen LogP contribution < -0.4 is 4.74 Å². The van der Waals surface area contributed by atoms with E-state index in [1.54, 1.807) is 71.6 Å². The molecule has 0 bridgehead atoms. The summed E-state index contributed by atoms with van der Waals surface area (Å²) in [6.45, 7) is 1.24. The fourth-order valence-electron chi connectivity index (χ4n) is 4.46. The van der Waals surface area contributed by atoms with Gasteiger partial charge < -0.3 is 19.8 Å². The van der Waals surface area contributed by atoms with Gasteiger partial charge in [0.25, 0.3) is 0 Å². The Morgan fingerprint density at radius 3 is 2.28 bits per heavy atom. The van der Waals surface area contributed by atoms with Gasteiger partial charge in [-0.2, -0.15) is 0 Å². The van der Waals surface area contributed by atoms with Crippen molar-refractivity contribution in [3.63, 3.8) is 0 Å². The lowest BCUT2D eigenvalue weighted by Gasteiger charge is -2.31. The number of piperidine rings is 1. The molecule has 1 aliphatic rings. The van der Waals surface area contributed by atoms with Gasteiger partial charge in [0.1, 0.15) is 29.2 Å². The molecule has 4 aromatic rings. The van der Waals surface area contributed by atoms with Crippen LogP contribution in [-0.2, 0) is 4.79 Å². The van der Waals surface area contributed by atoms with E-state index in [9.17, 15) is 19.8 Å². The van der Waals surface area contributed by atoms with Gasteiger partial charge in [-0.25, -0.2) is 0 Å². The van der Waals surface area contributed by atoms with E-state index in [-0.39, 0.29) is 35.2 Å². The number of carbonyl (C=O) groups excluding carboxylic acids is 2. The van der Waals surface area contributed by atoms with Crippen LogP contribution in [0.4, 0.5) is 0 Å². The molecule has 2 N–H and O–H groups in total. The molecule has 1 aromatic heterocycles. The number of ketones is 1. The van der Waals surface area contributed by atoms with Crippen molar-refractivity contribution in [1.29, 1.82) is 0 Å². The first-order valence-corrected chi connectivity index (χ1v) is 13.0. The Kier molecular flexibility index (Phi) is 6.85. The quantitative estimate of drug-likeness (QED) is 0.246. The van der Waals surface area contributed by atoms with Gasteiger partial charge in [0, 0.05) is 52.0 Å². The number of nitrogens with zero attached hydrogens (tertiary/aromatic N) is 1. The van der Waals surface area contributed by atoms with E-state index in [0.29, 0.717) is 30.0 Å². The van der Waals surface area contributed by atoms with Crippen molar-refractivity contribution in [1.82, 2.24) is 4.90 Å². The molecule has 1 fully saturated rings. The van der Waals surface area contributed by atoms with Crippen LogP contribution >= 0.6 is 22.9 Å². The fourth-order valence-corrected chi connectivity index (χ4v) is 5.86. The number of hydrogen-bond acceptors (Lipinski definition) is 6. The number of fused-ring (bicyclic) bond motifs is 1. The number of amides is 1. The molecule has 0 radical (unpaired) electrons. The number of hydrogen-bond donors (Lipinski definition) is 2. The normalized spacial score (nSPS) is 14.2. The van der Waals surface area contributed by atoms with Gasteiger partial charge in [-0.3, -0.25) is 9.59 Å². The van der Waals surface area contributed by atoms with Gasteiger partial charge in [-0.1, -0.05) is 0 Å². The van der Waals surface area contributed by atoms with Gasteiger partial charge in [-0.15, -0.1) is 22.9 Å². The Bertz CT molecular complexity index is 1410. The van der Waals surface area contributed by atoms with E-state index in [1.807, 2.05) is 0 Å². The van der Waals surface area contributed by atoms with Crippen LogP contribution in [0.25, 0.3) is 20.5 Å². The number of alkyl halides is 1. The molecule has 0 saturated carbocycles. The van der Waals surface area contributed by atoms with Crippen molar-refractivity contribution >= 4 is 44.7 Å². The SMILES string of the molecule is O=C(c1ccc(OC2CCN(C(=O)CCl)CC2)cc1)c1c(-c2ccc(O)cc2)sc2cc(O)ccc12. The van der Waals surface area contributed by atoms with Gasteiger partial charge in [0.05, 0.1) is 0 Å². The molecule has 1 aliphatic heterocycles. The maximum Gasteiger partial charge on any atom is 0.237 e. The lowest BCUT2D eigenvalue weighted by molar-refractivity contribution is -0.130. The Hall–Kier alpha value is -3.55. The second-order valence-corrected chi connectivity index (χ2v) is 10.0. The molecule has 1 amide bonds. The van der Waals surface area contributed by atoms with Crippen LogP contribution in [0, 0.1) is 0 Å². The molecule has 2 heterocycles. The maximum atomic E-state index is 13.7. The molecule has 6 nitrogen and oxygen atoms in total. The highest BCUT2D eigenvalue weighted by Gasteiger charge is 2.24. The van der Waals surface area contributed by atoms with Crippen LogP contribution in [0.1, 0.15) is 28.8 Å². The van der Waals surface area contributed by atoms with Crippen molar-refractivity contribution in [3.8, 4) is 27.7 Å². The lowest BCUT2D eigenvalue weighted by atomic mass is 9.97. The van der Waals surface area contributed by atoms with Crippen molar-refractivity contribution in [2.24, 2.45) is 0 Å². The molecular formula is C28H24ClNO5S. The Morgan fingerprint density at radius 1 is 0.944 bits per heavy atom. The molecule has 0 atom stereocenters. The van der Waals surface area contributed by atoms with E-state index in [1.165, 1.54) is 11.3 Å². The average molecular weight is 522 g/mol. The third kappa shape index (κ3) is 4.90. The minimum Gasteiger partial charge on any atom is -0.508 e. The van der Waals surface area contributed by atoms with Gasteiger partial charge in [0.15, 0.2) is 5.78 Å². The highest BCUT2D eigenvalue weighted by atomic mass is 35.5. The summed E-state index contributed by atoms with van der Waals surface area (Å²) in [5, 5.41) is 20.4. The summed E-state index contributed by atoms with van der Waals surface area (Å²) in [7, 11) is 0. The molecule has 5 rings (SSSR count). The highest BCUT2D eigenvalue weighted by Crippen LogP contribution is 2.41. The van der Waals surface area contributed by atoms with E-state index in [0.717, 1.165) is 33.4 Å². The van der Waals surface area contributed by atoms with Crippen LogP contribution in [0.2, 0.25) is 0 Å². The summed E-state index contributed by atoms with van der Waals surface area (Å²) in [5.41, 5.74) is 1.90. The second-order valence-electron chi connectivity index (χ2n) is 8.72. The number of phenolic OH excluding ortho intramolecular Hbond substituents is 2. The van der Waals surface area contributed by atoms with E-state index in [4.69, 9.17) is 16.3 Å². The number of benzene rings is 3. The number of phenols is 2. The molecule has 8 heteroatoms. The monoisotopic (exact) mass is 521 g/mol. The smallest absolute Gasteiger partial charge is 0.237 e. The number of ether oxygens (including phenoxy) is 1. The molecular weight excluding hydrogens is 498 g/mol. The molecule has 0 unspecified atom stereocenters. The number of carbonyl (C=O) groups is 2. The molecule has 1 saturated heterocycles. The number of halogens is 1. The van der Waals surface area contributed by atoms with Crippen molar-refractivity contribution in [2.75, 3.05) is 19.0 Å². The van der Waals surface area contributed by atoms with Crippen molar-refractivity contribution in [2.45, 2.75) is 18.9 Å². The zero-order valence-corrected chi connectivity index (χ0v) is 20.9. The van der Waals surface area contributed by atoms with Gasteiger partial charge >= 0.3 is 0 Å². The van der Waals surface area contributed by atoms with Gasteiger partial charge in [-0.05, 0) is 72.3 Å². The summed E-state index contributed by atoms with van der Waals surface area (Å²) in [4.78, 5) is 28.0. The summed E-state index contributed by atoms with van der Waals surface area (Å²) in [5.74, 6) is 0.773. The molecule has 36 heavy (non-hydrogen) atoms. The van der Waals surface area contributed by atoms with Gasteiger partial charge in [0.2, 0.25) is 5.91 Å². The third-order valence-electron chi connectivity index (χ3n) is 6.36. The van der Waals surface area contributed by atoms with Crippen LogP contribution in [-0.4, -0.2) is 51.9 Å². The highest BCUT2D eigenvalue weighted by molar-refractivity contribution is 7.22. The van der Waals surface area contributed by atoms with E-state index >= 15 is 0 Å². The summed E-state index contributed by atoms with van der Waals surface area (Å²) < 4.78 is 6.90. The van der Waals surface area contributed by atoms with Crippen molar-refractivity contribution < 1.29 is 24.5 Å². The third-order valence-corrected chi connectivity index (χ3v) is 7.79. The van der Waals surface area contributed by atoms with E-state index in [2.05, 4.69) is 0 Å². The predicted molar refractivity (Wildman–Crippen MR) is 141 cm³/mol. The standard InChI is InChI=1S/C28H24ClNO5S/c29-16-25(33)30-13-11-22(12-14-30)35-21-8-3-17(4-9-21)27(34)26-23-10-7-20(32)15-24(23)36-28(26)18-1-5-19(31)6-2-18/h1-10,15,22,31-32H,11-14,16H2. The first kappa shape index (κ1) is 24.2. The minimum absolute atomic E-state index is 0.000482. The van der Waals surface area contributed by atoms with Crippen LogP contribution in [0.3, 0.4) is 0 Å². The Morgan fingerprint density at radius 2 is 1.61 bits per heavy atom. The number of rotatable bonds is 6. The summed E-state index contributed by atoms with van der Waals surface area (Å²) in [6, 6.07) is 18.8. The summed E-state index contributed by atoms with van der Waals surface area (Å²) in [6.07, 6.45) is 1.46. The van der Waals surface area contributed by atoms with Crippen molar-refractivity contribution in [3.05, 3.63) is 77.9 Å². The Labute approximate surface area is 217 Å². The zero-order chi connectivity index (χ0) is 25.2. The Balaban J connectivity index is 1.38. The van der Waals surface area contributed by atoms with Crippen LogP contribution in [0.15, 0.2) is 66.7 Å². The number of aromatic hydroxyl groups is 2. The first-order chi connectivity index (χ1) is 17.4. The topological polar surface area (TPSA) is 87.1 Å². The average Bonchev–Trinajstić information content (AvgIpc) is 3.27. The fraction of sp³-hybridized carbons (Fsp3) is 0.214. The maximum absolute atomic E-state index is 13.7. The summed E-state index contributed by atoms with van der Waals surface area (Å²) >= 11 is 7.07. The molecule has 0 aliphatic carbocycles. The minimum atomic E-state index is -0.130. The van der Waals surface area contributed by atoms with Crippen LogP contribution in [0.5, 0.6) is 17.2 Å². The molecule has 184 valence electrons. The molecule has 3 aromatic carbocycles. The lowest BCUT2D eigenvalue weighted by Crippen LogP contribution is -2.42. The predicted octanol–water partition coefficient (Wildman–Crippen LogP) is 5.82.